The highest BCUT2D eigenvalue weighted by molar-refractivity contribution is 6.05. The molecule has 12 nitrogen and oxygen atoms in total. The highest BCUT2D eigenvalue weighted by Crippen LogP contribution is 2.31. The molecule has 0 aromatic carbocycles. The number of aromatic amines is 2. The predicted molar refractivity (Wildman–Crippen MR) is 149 cm³/mol. The number of nitrogens with zero attached hydrogens (tertiary/aromatic N) is 6. The summed E-state index contributed by atoms with van der Waals surface area (Å²) in [6.07, 6.45) is 5.70. The van der Waals surface area contributed by atoms with E-state index in [1.807, 2.05) is 24.8 Å². The molecule has 0 aliphatic carbocycles. The van der Waals surface area contributed by atoms with Crippen LogP contribution in [0.3, 0.4) is 0 Å². The molecule has 1 aliphatic heterocycles. The minimum Gasteiger partial charge on any atom is -0.336 e. The van der Waals surface area contributed by atoms with Crippen molar-refractivity contribution in [2.75, 3.05) is 18.0 Å². The number of anilines is 1. The minimum absolute atomic E-state index is 0.0473. The van der Waals surface area contributed by atoms with Gasteiger partial charge in [-0.2, -0.15) is 4.39 Å². The van der Waals surface area contributed by atoms with E-state index in [9.17, 15) is 23.6 Å². The van der Waals surface area contributed by atoms with Gasteiger partial charge in [0, 0.05) is 44.9 Å². The van der Waals surface area contributed by atoms with Crippen molar-refractivity contribution in [3.05, 3.63) is 80.4 Å². The number of likely N-dealkylation sites (tertiary alicyclic amines) is 1. The number of pyridine rings is 2. The molecule has 1 atom stereocenters. The summed E-state index contributed by atoms with van der Waals surface area (Å²) in [7, 11) is 0. The van der Waals surface area contributed by atoms with E-state index in [1.165, 1.54) is 21.7 Å². The first kappa shape index (κ1) is 27.9. The van der Waals surface area contributed by atoms with Gasteiger partial charge in [0.15, 0.2) is 5.65 Å². The summed E-state index contributed by atoms with van der Waals surface area (Å²) in [5.74, 6) is -0.0151. The number of imidazole rings is 1. The Bertz CT molecular complexity index is 1680. The maximum atomic E-state index is 13.2. The molecule has 0 bridgehead atoms. The van der Waals surface area contributed by atoms with Crippen LogP contribution in [0.2, 0.25) is 0 Å². The number of fused-ring (bicyclic) bond motifs is 1. The lowest BCUT2D eigenvalue weighted by Gasteiger charge is -2.28. The van der Waals surface area contributed by atoms with Crippen LogP contribution in [0.5, 0.6) is 0 Å². The van der Waals surface area contributed by atoms with Gasteiger partial charge in [-0.25, -0.2) is 19.7 Å². The standard InChI is InChI=1S/C28H31FN8O4/c1-3-13-37-25-24(26(39)34-28(37)41)32-21(33-25)11-9-19(36-14-5-6-23(36)38)17-8-12-22(31-15-17)35(4-2)27(40)18-7-10-20(29)30-16-18/h7-8,10,12,15-16,19H,3-6,9,11,13-14H2,1-2H3,(H,32,33)(H,34,39,41)/t19-/m0/s1. The first-order chi connectivity index (χ1) is 19.8. The van der Waals surface area contributed by atoms with E-state index < -0.39 is 17.2 Å². The SMILES string of the molecule is CCCn1c(=O)[nH]c(=O)c2[nH]c(CC[C@@H](c3ccc(N(CC)C(=O)c4ccc(F)nc4)nc3)N3CCCC3=O)nc21. The number of hydrogen-bond donors (Lipinski definition) is 2. The van der Waals surface area contributed by atoms with Crippen LogP contribution >= 0.6 is 0 Å². The summed E-state index contributed by atoms with van der Waals surface area (Å²) in [6, 6.07) is 5.79. The van der Waals surface area contributed by atoms with E-state index in [4.69, 9.17) is 0 Å². The summed E-state index contributed by atoms with van der Waals surface area (Å²) < 4.78 is 14.7. The summed E-state index contributed by atoms with van der Waals surface area (Å²) in [4.78, 5) is 71.8. The summed E-state index contributed by atoms with van der Waals surface area (Å²) in [5.41, 5.74) is 0.587. The van der Waals surface area contributed by atoms with E-state index in [1.54, 1.807) is 12.3 Å². The third kappa shape index (κ3) is 5.65. The van der Waals surface area contributed by atoms with Gasteiger partial charge in [-0.05, 0) is 49.9 Å². The smallest absolute Gasteiger partial charge is 0.330 e. The number of aryl methyl sites for hydroxylation is 2. The van der Waals surface area contributed by atoms with Crippen LogP contribution in [0.15, 0.2) is 46.2 Å². The van der Waals surface area contributed by atoms with Gasteiger partial charge in [0.1, 0.15) is 17.2 Å². The number of hydrogen-bond acceptors (Lipinski definition) is 7. The number of aromatic nitrogens is 6. The van der Waals surface area contributed by atoms with E-state index in [2.05, 4.69) is 24.9 Å². The second-order valence-electron chi connectivity index (χ2n) is 9.91. The lowest BCUT2D eigenvalue weighted by molar-refractivity contribution is -0.130. The normalized spacial score (nSPS) is 14.1. The maximum Gasteiger partial charge on any atom is 0.330 e. The Kier molecular flexibility index (Phi) is 8.04. The Balaban J connectivity index is 1.40. The number of carbonyl (C=O) groups is 2. The van der Waals surface area contributed by atoms with E-state index in [0.717, 1.165) is 18.1 Å². The Morgan fingerprint density at radius 1 is 1.10 bits per heavy atom. The molecule has 4 aromatic heterocycles. The summed E-state index contributed by atoms with van der Waals surface area (Å²) in [5, 5.41) is 0. The number of amides is 2. The van der Waals surface area contributed by atoms with Crippen molar-refractivity contribution >= 4 is 28.8 Å². The third-order valence-corrected chi connectivity index (χ3v) is 7.24. The molecule has 4 aromatic rings. The average Bonchev–Trinajstić information content (AvgIpc) is 3.59. The zero-order chi connectivity index (χ0) is 29.1. The zero-order valence-electron chi connectivity index (χ0n) is 22.9. The van der Waals surface area contributed by atoms with Gasteiger partial charge < -0.3 is 9.88 Å². The Hall–Kier alpha value is -4.68. The predicted octanol–water partition coefficient (Wildman–Crippen LogP) is 2.72. The lowest BCUT2D eigenvalue weighted by Crippen LogP contribution is -2.32. The molecule has 13 heteroatoms. The molecule has 1 saturated heterocycles. The largest absolute Gasteiger partial charge is 0.336 e. The molecule has 0 spiro atoms. The van der Waals surface area contributed by atoms with E-state index in [0.29, 0.717) is 62.6 Å². The second kappa shape index (κ2) is 11.8. The monoisotopic (exact) mass is 562 g/mol. The van der Waals surface area contributed by atoms with Gasteiger partial charge in [-0.3, -0.25) is 28.8 Å². The van der Waals surface area contributed by atoms with Crippen molar-refractivity contribution in [1.82, 2.24) is 34.4 Å². The molecular formula is C28H31FN8O4. The molecule has 0 radical (unpaired) electrons. The van der Waals surface area contributed by atoms with Gasteiger partial charge in [-0.15, -0.1) is 0 Å². The van der Waals surface area contributed by atoms with Crippen LogP contribution in [-0.2, 0) is 17.8 Å². The molecule has 0 saturated carbocycles. The van der Waals surface area contributed by atoms with Gasteiger partial charge in [-0.1, -0.05) is 13.0 Å². The van der Waals surface area contributed by atoms with Crippen LogP contribution in [0.1, 0.15) is 67.3 Å². The molecule has 1 fully saturated rings. The number of carbonyl (C=O) groups excluding carboxylic acids is 2. The molecule has 2 N–H and O–H groups in total. The Morgan fingerprint density at radius 3 is 2.56 bits per heavy atom. The molecular weight excluding hydrogens is 531 g/mol. The van der Waals surface area contributed by atoms with Crippen molar-refractivity contribution in [2.24, 2.45) is 0 Å². The van der Waals surface area contributed by atoms with Crippen LogP contribution in [0.4, 0.5) is 10.2 Å². The van der Waals surface area contributed by atoms with Crippen LogP contribution in [-0.4, -0.2) is 59.3 Å². The molecule has 2 amide bonds. The van der Waals surface area contributed by atoms with Crippen molar-refractivity contribution in [3.63, 3.8) is 0 Å². The maximum absolute atomic E-state index is 13.2. The molecule has 5 heterocycles. The summed E-state index contributed by atoms with van der Waals surface area (Å²) >= 11 is 0. The Morgan fingerprint density at radius 2 is 1.93 bits per heavy atom. The van der Waals surface area contributed by atoms with Crippen LogP contribution < -0.4 is 16.1 Å². The average molecular weight is 563 g/mol. The molecule has 5 rings (SSSR count). The van der Waals surface area contributed by atoms with E-state index >= 15 is 0 Å². The van der Waals surface area contributed by atoms with Crippen molar-refractivity contribution < 1.29 is 14.0 Å². The minimum atomic E-state index is -0.667. The van der Waals surface area contributed by atoms with Crippen molar-refractivity contribution in [1.29, 1.82) is 0 Å². The summed E-state index contributed by atoms with van der Waals surface area (Å²) in [6.45, 7) is 5.12. The van der Waals surface area contributed by atoms with Gasteiger partial charge in [0.05, 0.1) is 11.6 Å². The highest BCUT2D eigenvalue weighted by atomic mass is 19.1. The number of halogens is 1. The first-order valence-corrected chi connectivity index (χ1v) is 13.7. The number of rotatable bonds is 10. The molecule has 41 heavy (non-hydrogen) atoms. The quantitative estimate of drug-likeness (QED) is 0.282. The molecule has 214 valence electrons. The fraction of sp³-hybridized carbons (Fsp3) is 0.393. The molecule has 0 unspecified atom stereocenters. The van der Waals surface area contributed by atoms with Crippen molar-refractivity contribution in [3.8, 4) is 0 Å². The van der Waals surface area contributed by atoms with Gasteiger partial charge in [0.25, 0.3) is 11.5 Å². The number of H-pyrrole nitrogens is 2. The topological polar surface area (TPSA) is 150 Å². The Labute approximate surface area is 234 Å². The second-order valence-corrected chi connectivity index (χ2v) is 9.91. The van der Waals surface area contributed by atoms with Crippen LogP contribution in [0, 0.1) is 5.95 Å². The highest BCUT2D eigenvalue weighted by Gasteiger charge is 2.30. The van der Waals surface area contributed by atoms with Gasteiger partial charge in [0.2, 0.25) is 11.9 Å². The lowest BCUT2D eigenvalue weighted by atomic mass is 10.0. The fourth-order valence-electron chi connectivity index (χ4n) is 5.23. The zero-order valence-corrected chi connectivity index (χ0v) is 22.9. The number of nitrogens with one attached hydrogen (secondary N) is 2. The van der Waals surface area contributed by atoms with Crippen LogP contribution in [0.25, 0.3) is 11.2 Å². The third-order valence-electron chi connectivity index (χ3n) is 7.24. The van der Waals surface area contributed by atoms with Gasteiger partial charge >= 0.3 is 5.69 Å². The molecule has 1 aliphatic rings. The van der Waals surface area contributed by atoms with E-state index in [-0.39, 0.29) is 28.9 Å². The fourth-order valence-corrected chi connectivity index (χ4v) is 5.23. The first-order valence-electron chi connectivity index (χ1n) is 13.7. The van der Waals surface area contributed by atoms with Crippen molar-refractivity contribution in [2.45, 2.75) is 58.5 Å².